The number of carbonyl (C=O) groups excluding carboxylic acids is 1. The number of carbonyl (C=O) groups is 1. The summed E-state index contributed by atoms with van der Waals surface area (Å²) in [4.78, 5) is 10.8. The number of hydrogen-bond acceptors (Lipinski definition) is 6. The second-order valence-corrected chi connectivity index (χ2v) is 7.20. The fourth-order valence-electron chi connectivity index (χ4n) is 0.992. The molecule has 0 unspecified atom stereocenters. The predicted octanol–water partition coefficient (Wildman–Crippen LogP) is -0.189. The van der Waals surface area contributed by atoms with Gasteiger partial charge in [-0.3, -0.25) is 4.79 Å². The van der Waals surface area contributed by atoms with Gasteiger partial charge in [-0.25, -0.2) is 8.42 Å². The summed E-state index contributed by atoms with van der Waals surface area (Å²) in [6, 6.07) is 2.94. The topological polar surface area (TPSA) is 115 Å². The van der Waals surface area contributed by atoms with Gasteiger partial charge in [0.05, 0.1) is 4.75 Å². The number of anilines is 1. The number of rotatable bonds is 5. The van der Waals surface area contributed by atoms with Crippen molar-refractivity contribution in [1.29, 1.82) is 0 Å². The fourth-order valence-corrected chi connectivity index (χ4v) is 1.33. The Bertz CT molecular complexity index is 537. The third kappa shape index (κ3) is 3.39. The van der Waals surface area contributed by atoms with Gasteiger partial charge in [0.2, 0.25) is 0 Å². The van der Waals surface area contributed by atoms with Crippen molar-refractivity contribution in [2.24, 2.45) is 5.73 Å². The molecule has 7 nitrogen and oxygen atoms in total. The van der Waals surface area contributed by atoms with Crippen LogP contribution in [0.25, 0.3) is 0 Å². The molecule has 1 aromatic rings. The van der Waals surface area contributed by atoms with Crippen LogP contribution in [0.1, 0.15) is 24.3 Å². The van der Waals surface area contributed by atoms with Crippen LogP contribution in [0.3, 0.4) is 0 Å². The molecule has 0 aliphatic rings. The number of nitrogens with one attached hydrogen (secondary N) is 1. The zero-order chi connectivity index (χ0) is 14.0. The number of nitrogens with zero attached hydrogens (tertiary/aromatic N) is 2. The Balaban J connectivity index is 2.73. The standard InChI is InChI=1S/C10H16N4O3S/c1-10(2,18(3,16)17)6-12-8-5-4-7(9(11)15)13-14-8/h4-5H,6H2,1-3H3,(H2,11,15)(H,12,14). The van der Waals surface area contributed by atoms with E-state index in [2.05, 4.69) is 15.5 Å². The molecule has 0 aliphatic carbocycles. The number of amides is 1. The highest BCUT2D eigenvalue weighted by atomic mass is 32.2. The van der Waals surface area contributed by atoms with Gasteiger partial charge in [0.25, 0.3) is 5.91 Å². The first-order valence-electron chi connectivity index (χ1n) is 5.20. The van der Waals surface area contributed by atoms with Crippen molar-refractivity contribution < 1.29 is 13.2 Å². The minimum atomic E-state index is -3.18. The molecule has 0 fully saturated rings. The fraction of sp³-hybridized carbons (Fsp3) is 0.500. The molecule has 0 spiro atoms. The first-order chi connectivity index (χ1) is 8.13. The first kappa shape index (κ1) is 14.4. The van der Waals surface area contributed by atoms with Gasteiger partial charge in [-0.05, 0) is 26.0 Å². The quantitative estimate of drug-likeness (QED) is 0.767. The molecule has 8 heteroatoms. The Hall–Kier alpha value is -1.70. The molecule has 1 amide bonds. The lowest BCUT2D eigenvalue weighted by Crippen LogP contribution is -2.38. The van der Waals surface area contributed by atoms with E-state index in [1.54, 1.807) is 13.8 Å². The Kier molecular flexibility index (Phi) is 3.90. The van der Waals surface area contributed by atoms with Gasteiger partial charge in [-0.1, -0.05) is 0 Å². The zero-order valence-corrected chi connectivity index (χ0v) is 11.3. The lowest BCUT2D eigenvalue weighted by Gasteiger charge is -2.22. The average Bonchev–Trinajstić information content (AvgIpc) is 2.25. The molecule has 1 rings (SSSR count). The van der Waals surface area contributed by atoms with Gasteiger partial charge in [-0.15, -0.1) is 10.2 Å². The Morgan fingerprint density at radius 3 is 2.39 bits per heavy atom. The third-order valence-corrected chi connectivity index (χ3v) is 4.77. The summed E-state index contributed by atoms with van der Waals surface area (Å²) in [5.41, 5.74) is 5.08. The summed E-state index contributed by atoms with van der Waals surface area (Å²) in [5, 5.41) is 10.2. The second-order valence-electron chi connectivity index (χ2n) is 4.55. The van der Waals surface area contributed by atoms with E-state index in [1.165, 1.54) is 18.4 Å². The number of nitrogens with two attached hydrogens (primary N) is 1. The molecule has 1 heterocycles. The molecule has 0 atom stereocenters. The van der Waals surface area contributed by atoms with Crippen molar-refractivity contribution in [1.82, 2.24) is 10.2 Å². The van der Waals surface area contributed by atoms with Crippen LogP contribution < -0.4 is 11.1 Å². The first-order valence-corrected chi connectivity index (χ1v) is 7.09. The molecule has 0 aromatic carbocycles. The molecular weight excluding hydrogens is 256 g/mol. The van der Waals surface area contributed by atoms with Gasteiger partial charge in [0, 0.05) is 12.8 Å². The summed E-state index contributed by atoms with van der Waals surface area (Å²) in [7, 11) is -3.18. The molecular formula is C10H16N4O3S. The van der Waals surface area contributed by atoms with Crippen LogP contribution in [0.4, 0.5) is 5.82 Å². The highest BCUT2D eigenvalue weighted by molar-refractivity contribution is 7.92. The van der Waals surface area contributed by atoms with Crippen LogP contribution >= 0.6 is 0 Å². The number of hydrogen-bond donors (Lipinski definition) is 2. The van der Waals surface area contributed by atoms with Crippen LogP contribution in [0, 0.1) is 0 Å². The molecule has 1 aromatic heterocycles. The Morgan fingerprint density at radius 1 is 1.39 bits per heavy atom. The van der Waals surface area contributed by atoms with Gasteiger partial charge in [0.15, 0.2) is 15.5 Å². The summed E-state index contributed by atoms with van der Waals surface area (Å²) in [6.45, 7) is 3.41. The van der Waals surface area contributed by atoms with E-state index < -0.39 is 20.5 Å². The van der Waals surface area contributed by atoms with E-state index in [0.29, 0.717) is 5.82 Å². The number of aromatic nitrogens is 2. The van der Waals surface area contributed by atoms with Gasteiger partial charge in [0.1, 0.15) is 5.82 Å². The lowest BCUT2D eigenvalue weighted by molar-refractivity contribution is 0.0994. The second kappa shape index (κ2) is 4.89. The number of sulfone groups is 1. The van der Waals surface area contributed by atoms with Crippen molar-refractivity contribution >= 4 is 21.6 Å². The van der Waals surface area contributed by atoms with E-state index in [0.717, 1.165) is 0 Å². The van der Waals surface area contributed by atoms with E-state index >= 15 is 0 Å². The van der Waals surface area contributed by atoms with Gasteiger partial charge >= 0.3 is 0 Å². The highest BCUT2D eigenvalue weighted by Crippen LogP contribution is 2.15. The van der Waals surface area contributed by atoms with E-state index in [4.69, 9.17) is 5.73 Å². The van der Waals surface area contributed by atoms with Crippen molar-refractivity contribution in [3.05, 3.63) is 17.8 Å². The molecule has 0 bridgehead atoms. The maximum absolute atomic E-state index is 11.5. The third-order valence-electron chi connectivity index (χ3n) is 2.62. The summed E-state index contributed by atoms with van der Waals surface area (Å²) < 4.78 is 22.0. The molecule has 0 saturated heterocycles. The number of primary amides is 1. The molecule has 100 valence electrons. The van der Waals surface area contributed by atoms with Gasteiger partial charge in [-0.2, -0.15) is 0 Å². The predicted molar refractivity (Wildman–Crippen MR) is 68.0 cm³/mol. The van der Waals surface area contributed by atoms with Crippen molar-refractivity contribution in [3.8, 4) is 0 Å². The smallest absolute Gasteiger partial charge is 0.269 e. The van der Waals surface area contributed by atoms with Crippen LogP contribution in [-0.4, -0.2) is 42.1 Å². The van der Waals surface area contributed by atoms with Crippen molar-refractivity contribution in [2.45, 2.75) is 18.6 Å². The normalized spacial score (nSPS) is 12.2. The van der Waals surface area contributed by atoms with Crippen LogP contribution in [-0.2, 0) is 9.84 Å². The molecule has 0 radical (unpaired) electrons. The largest absolute Gasteiger partial charge is 0.367 e. The minimum absolute atomic E-state index is 0.0583. The summed E-state index contributed by atoms with van der Waals surface area (Å²) in [6.07, 6.45) is 1.18. The Labute approximate surface area is 106 Å². The summed E-state index contributed by atoms with van der Waals surface area (Å²) >= 11 is 0. The Morgan fingerprint density at radius 2 is 2.00 bits per heavy atom. The minimum Gasteiger partial charge on any atom is -0.367 e. The van der Waals surface area contributed by atoms with Crippen molar-refractivity contribution in [3.63, 3.8) is 0 Å². The molecule has 18 heavy (non-hydrogen) atoms. The van der Waals surface area contributed by atoms with E-state index in [1.807, 2.05) is 0 Å². The van der Waals surface area contributed by atoms with Crippen LogP contribution in [0.5, 0.6) is 0 Å². The average molecular weight is 272 g/mol. The van der Waals surface area contributed by atoms with Gasteiger partial charge < -0.3 is 11.1 Å². The highest BCUT2D eigenvalue weighted by Gasteiger charge is 2.29. The molecule has 0 saturated carbocycles. The van der Waals surface area contributed by atoms with E-state index in [9.17, 15) is 13.2 Å². The van der Waals surface area contributed by atoms with E-state index in [-0.39, 0.29) is 12.2 Å². The maximum atomic E-state index is 11.5. The van der Waals surface area contributed by atoms with Crippen LogP contribution in [0.15, 0.2) is 12.1 Å². The monoisotopic (exact) mass is 272 g/mol. The lowest BCUT2D eigenvalue weighted by atomic mass is 10.2. The summed E-state index contributed by atoms with van der Waals surface area (Å²) in [5.74, 6) is -0.276. The molecule has 0 aliphatic heterocycles. The van der Waals surface area contributed by atoms with Crippen molar-refractivity contribution in [2.75, 3.05) is 18.1 Å². The maximum Gasteiger partial charge on any atom is 0.269 e. The zero-order valence-electron chi connectivity index (χ0n) is 10.5. The molecule has 3 N–H and O–H groups in total. The van der Waals surface area contributed by atoms with Crippen LogP contribution in [0.2, 0.25) is 0 Å². The SMILES string of the molecule is CC(C)(CNc1ccc(C(N)=O)nn1)S(C)(=O)=O.